The van der Waals surface area contributed by atoms with Crippen molar-refractivity contribution in [2.24, 2.45) is 0 Å². The molecule has 1 aromatic heterocycles. The number of halogens is 1. The van der Waals surface area contributed by atoms with E-state index in [4.69, 9.17) is 0 Å². The standard InChI is InChI=1S/C22H23FN4O/c1-15-7-3-4-9-18(15)14-25-22-26-16(2)13-20(27-22)21(28)24-12-11-17-8-5-6-10-19(17)23/h3-10,13H,11-12,14H2,1-2H3,(H,24,28)(H,25,26,27). The van der Waals surface area contributed by atoms with Crippen molar-refractivity contribution in [2.45, 2.75) is 26.8 Å². The van der Waals surface area contributed by atoms with Crippen molar-refractivity contribution in [3.8, 4) is 0 Å². The topological polar surface area (TPSA) is 66.9 Å². The summed E-state index contributed by atoms with van der Waals surface area (Å²) in [5.74, 6) is -0.166. The Kier molecular flexibility index (Phi) is 6.32. The summed E-state index contributed by atoms with van der Waals surface area (Å²) in [5, 5.41) is 5.96. The molecule has 0 bridgehead atoms. The quantitative estimate of drug-likeness (QED) is 0.656. The molecular formula is C22H23FN4O. The summed E-state index contributed by atoms with van der Waals surface area (Å²) in [4.78, 5) is 21.1. The first-order valence-electron chi connectivity index (χ1n) is 9.18. The molecule has 0 unspecified atom stereocenters. The third-order valence-corrected chi connectivity index (χ3v) is 4.42. The number of aromatic nitrogens is 2. The summed E-state index contributed by atoms with van der Waals surface area (Å²) >= 11 is 0. The minimum Gasteiger partial charge on any atom is -0.350 e. The molecule has 6 heteroatoms. The molecule has 1 heterocycles. The molecule has 0 spiro atoms. The van der Waals surface area contributed by atoms with Crippen molar-refractivity contribution in [1.29, 1.82) is 0 Å². The molecular weight excluding hydrogens is 355 g/mol. The van der Waals surface area contributed by atoms with Gasteiger partial charge in [0, 0.05) is 18.8 Å². The number of carbonyl (C=O) groups is 1. The molecule has 3 aromatic rings. The van der Waals surface area contributed by atoms with E-state index in [2.05, 4.69) is 20.6 Å². The number of anilines is 1. The number of carbonyl (C=O) groups excluding carboxylic acids is 1. The van der Waals surface area contributed by atoms with Crippen LogP contribution in [0.25, 0.3) is 0 Å². The van der Waals surface area contributed by atoms with Crippen molar-refractivity contribution in [2.75, 3.05) is 11.9 Å². The number of amides is 1. The number of benzene rings is 2. The maximum Gasteiger partial charge on any atom is 0.270 e. The second-order valence-corrected chi connectivity index (χ2v) is 6.60. The van der Waals surface area contributed by atoms with Crippen molar-refractivity contribution in [3.05, 3.63) is 88.5 Å². The highest BCUT2D eigenvalue weighted by molar-refractivity contribution is 5.92. The molecule has 0 fully saturated rings. The molecule has 1 amide bonds. The van der Waals surface area contributed by atoms with E-state index in [-0.39, 0.29) is 17.4 Å². The molecule has 0 saturated heterocycles. The van der Waals surface area contributed by atoms with Gasteiger partial charge in [-0.2, -0.15) is 0 Å². The second kappa shape index (κ2) is 9.08. The Morgan fingerprint density at radius 3 is 2.46 bits per heavy atom. The number of nitrogens with one attached hydrogen (secondary N) is 2. The zero-order valence-electron chi connectivity index (χ0n) is 16.0. The van der Waals surface area contributed by atoms with Crippen LogP contribution in [-0.2, 0) is 13.0 Å². The predicted molar refractivity (Wildman–Crippen MR) is 108 cm³/mol. The van der Waals surface area contributed by atoms with Crippen molar-refractivity contribution < 1.29 is 9.18 Å². The van der Waals surface area contributed by atoms with Crippen LogP contribution in [0.15, 0.2) is 54.6 Å². The first-order chi connectivity index (χ1) is 13.5. The number of rotatable bonds is 7. The van der Waals surface area contributed by atoms with Crippen molar-refractivity contribution in [1.82, 2.24) is 15.3 Å². The molecule has 0 radical (unpaired) electrons. The van der Waals surface area contributed by atoms with E-state index in [9.17, 15) is 9.18 Å². The lowest BCUT2D eigenvalue weighted by Crippen LogP contribution is -2.27. The van der Waals surface area contributed by atoms with Gasteiger partial charge in [-0.3, -0.25) is 4.79 Å². The van der Waals surface area contributed by atoms with Gasteiger partial charge in [-0.05, 0) is 49.1 Å². The molecule has 144 valence electrons. The van der Waals surface area contributed by atoms with Crippen LogP contribution in [0.1, 0.15) is 32.9 Å². The van der Waals surface area contributed by atoms with Crippen molar-refractivity contribution >= 4 is 11.9 Å². The molecule has 28 heavy (non-hydrogen) atoms. The fourth-order valence-electron chi connectivity index (χ4n) is 2.85. The molecule has 2 N–H and O–H groups in total. The third kappa shape index (κ3) is 5.13. The van der Waals surface area contributed by atoms with E-state index in [1.54, 1.807) is 24.3 Å². The highest BCUT2D eigenvalue weighted by Gasteiger charge is 2.11. The maximum atomic E-state index is 13.7. The van der Waals surface area contributed by atoms with Crippen LogP contribution in [0.3, 0.4) is 0 Å². The van der Waals surface area contributed by atoms with Gasteiger partial charge in [0.1, 0.15) is 11.5 Å². The van der Waals surface area contributed by atoms with Crippen LogP contribution in [0.2, 0.25) is 0 Å². The Hall–Kier alpha value is -3.28. The summed E-state index contributed by atoms with van der Waals surface area (Å²) in [5.41, 5.74) is 3.87. The Morgan fingerprint density at radius 1 is 1.00 bits per heavy atom. The van der Waals surface area contributed by atoms with Gasteiger partial charge >= 0.3 is 0 Å². The average molecular weight is 378 g/mol. The van der Waals surface area contributed by atoms with Crippen LogP contribution in [0.4, 0.5) is 10.3 Å². The molecule has 0 aliphatic carbocycles. The van der Waals surface area contributed by atoms with E-state index in [0.29, 0.717) is 36.7 Å². The predicted octanol–water partition coefficient (Wildman–Crippen LogP) is 3.82. The van der Waals surface area contributed by atoms with Crippen molar-refractivity contribution in [3.63, 3.8) is 0 Å². The first kappa shape index (κ1) is 19.5. The average Bonchev–Trinajstić information content (AvgIpc) is 2.68. The van der Waals surface area contributed by atoms with Gasteiger partial charge in [-0.25, -0.2) is 14.4 Å². The smallest absolute Gasteiger partial charge is 0.270 e. The van der Waals surface area contributed by atoms with Gasteiger partial charge in [-0.1, -0.05) is 42.5 Å². The Morgan fingerprint density at radius 2 is 1.71 bits per heavy atom. The molecule has 0 saturated carbocycles. The normalized spacial score (nSPS) is 10.5. The van der Waals surface area contributed by atoms with Crippen LogP contribution >= 0.6 is 0 Å². The largest absolute Gasteiger partial charge is 0.350 e. The van der Waals surface area contributed by atoms with Gasteiger partial charge in [0.05, 0.1) is 0 Å². The fraction of sp³-hybridized carbons (Fsp3) is 0.227. The van der Waals surface area contributed by atoms with Gasteiger partial charge < -0.3 is 10.6 Å². The SMILES string of the molecule is Cc1cc(C(=O)NCCc2ccccc2F)nc(NCc2ccccc2C)n1. The van der Waals surface area contributed by atoms with E-state index in [0.717, 1.165) is 5.56 Å². The first-order valence-corrected chi connectivity index (χ1v) is 9.18. The number of hydrogen-bond donors (Lipinski definition) is 2. The third-order valence-electron chi connectivity index (χ3n) is 4.42. The molecule has 5 nitrogen and oxygen atoms in total. The zero-order valence-corrected chi connectivity index (χ0v) is 16.0. The van der Waals surface area contributed by atoms with Crippen LogP contribution in [-0.4, -0.2) is 22.4 Å². The van der Waals surface area contributed by atoms with E-state index in [1.165, 1.54) is 11.6 Å². The Labute approximate surface area is 164 Å². The van der Waals surface area contributed by atoms with Gasteiger partial charge in [0.25, 0.3) is 5.91 Å². The van der Waals surface area contributed by atoms with E-state index >= 15 is 0 Å². The molecule has 0 aliphatic rings. The Balaban J connectivity index is 1.61. The summed E-state index contributed by atoms with van der Waals surface area (Å²) < 4.78 is 13.7. The minimum atomic E-state index is -0.305. The number of nitrogens with zero attached hydrogens (tertiary/aromatic N) is 2. The van der Waals surface area contributed by atoms with Gasteiger partial charge in [-0.15, -0.1) is 0 Å². The van der Waals surface area contributed by atoms with Gasteiger partial charge in [0.15, 0.2) is 0 Å². The highest BCUT2D eigenvalue weighted by Crippen LogP contribution is 2.11. The molecule has 0 aliphatic heterocycles. The van der Waals surface area contributed by atoms with E-state index in [1.807, 2.05) is 38.1 Å². The van der Waals surface area contributed by atoms with Crippen LogP contribution < -0.4 is 10.6 Å². The summed E-state index contributed by atoms with van der Waals surface area (Å²) in [7, 11) is 0. The summed E-state index contributed by atoms with van der Waals surface area (Å²) in [6, 6.07) is 16.2. The maximum absolute atomic E-state index is 13.7. The molecule has 2 aromatic carbocycles. The van der Waals surface area contributed by atoms with Crippen LogP contribution in [0, 0.1) is 19.7 Å². The number of aryl methyl sites for hydroxylation is 2. The Bertz CT molecular complexity index is 974. The molecule has 3 rings (SSSR count). The van der Waals surface area contributed by atoms with Crippen LogP contribution in [0.5, 0.6) is 0 Å². The fourth-order valence-corrected chi connectivity index (χ4v) is 2.85. The lowest BCUT2D eigenvalue weighted by atomic mass is 10.1. The summed E-state index contributed by atoms with van der Waals surface area (Å²) in [6.07, 6.45) is 0.418. The lowest BCUT2D eigenvalue weighted by molar-refractivity contribution is 0.0949. The van der Waals surface area contributed by atoms with Gasteiger partial charge in [0.2, 0.25) is 5.95 Å². The second-order valence-electron chi connectivity index (χ2n) is 6.60. The highest BCUT2D eigenvalue weighted by atomic mass is 19.1. The summed E-state index contributed by atoms with van der Waals surface area (Å²) in [6.45, 7) is 4.76. The monoisotopic (exact) mass is 378 g/mol. The molecule has 0 atom stereocenters. The number of hydrogen-bond acceptors (Lipinski definition) is 4. The van der Waals surface area contributed by atoms with E-state index < -0.39 is 0 Å². The lowest BCUT2D eigenvalue weighted by Gasteiger charge is -2.10. The minimum absolute atomic E-state index is 0.266. The zero-order chi connectivity index (χ0) is 19.9.